The van der Waals surface area contributed by atoms with Crippen LogP contribution in [0.4, 0.5) is 11.4 Å². The van der Waals surface area contributed by atoms with Gasteiger partial charge in [-0.15, -0.1) is 0 Å². The van der Waals surface area contributed by atoms with Crippen LogP contribution in [0.3, 0.4) is 0 Å². The van der Waals surface area contributed by atoms with Crippen molar-refractivity contribution in [2.75, 3.05) is 11.9 Å². The molecule has 0 aromatic heterocycles. The molecule has 0 bridgehead atoms. The lowest BCUT2D eigenvalue weighted by molar-refractivity contribution is -0.384. The molecular formula is C17H15ClN2O5. The molecule has 7 nitrogen and oxygen atoms in total. The number of nitro groups is 1. The quantitative estimate of drug-likeness (QED) is 0.492. The van der Waals surface area contributed by atoms with Crippen LogP contribution in [0.2, 0.25) is 5.02 Å². The zero-order chi connectivity index (χ0) is 18.6. The Morgan fingerprint density at radius 3 is 2.56 bits per heavy atom. The molecule has 0 spiro atoms. The van der Waals surface area contributed by atoms with Crippen molar-refractivity contribution in [2.45, 2.75) is 13.8 Å². The Hall–Kier alpha value is -2.93. The molecule has 1 amide bonds. The number of carbonyl (C=O) groups excluding carboxylic acids is 2. The topological polar surface area (TPSA) is 98.5 Å². The first-order chi connectivity index (χ1) is 11.8. The van der Waals surface area contributed by atoms with Gasteiger partial charge in [-0.05, 0) is 37.6 Å². The number of esters is 1. The molecule has 0 saturated carbocycles. The Bertz CT molecular complexity index is 851. The van der Waals surface area contributed by atoms with Crippen molar-refractivity contribution in [1.29, 1.82) is 0 Å². The van der Waals surface area contributed by atoms with Gasteiger partial charge in [-0.2, -0.15) is 0 Å². The third kappa shape index (κ3) is 4.33. The van der Waals surface area contributed by atoms with E-state index in [0.717, 1.165) is 11.6 Å². The molecule has 0 saturated heterocycles. The van der Waals surface area contributed by atoms with Gasteiger partial charge in [0.1, 0.15) is 0 Å². The molecule has 0 aliphatic carbocycles. The monoisotopic (exact) mass is 362 g/mol. The molecular weight excluding hydrogens is 348 g/mol. The summed E-state index contributed by atoms with van der Waals surface area (Å²) in [5, 5.41) is 13.3. The van der Waals surface area contributed by atoms with Crippen molar-refractivity contribution in [3.8, 4) is 0 Å². The molecule has 2 rings (SSSR count). The van der Waals surface area contributed by atoms with Gasteiger partial charge in [0, 0.05) is 17.8 Å². The van der Waals surface area contributed by atoms with Crippen LogP contribution in [0, 0.1) is 17.0 Å². The number of anilines is 1. The molecule has 0 atom stereocenters. The average Bonchev–Trinajstić information content (AvgIpc) is 2.56. The van der Waals surface area contributed by atoms with Crippen molar-refractivity contribution < 1.29 is 19.2 Å². The maximum Gasteiger partial charge on any atom is 0.338 e. The lowest BCUT2D eigenvalue weighted by Gasteiger charge is -2.11. The molecule has 8 heteroatoms. The summed E-state index contributed by atoms with van der Waals surface area (Å²) in [5.41, 5.74) is 1.34. The number of aryl methyl sites for hydroxylation is 1. The number of ether oxygens (including phenoxy) is 1. The molecule has 0 aliphatic rings. The first-order valence-corrected chi connectivity index (χ1v) is 7.74. The van der Waals surface area contributed by atoms with Gasteiger partial charge in [-0.3, -0.25) is 14.9 Å². The SMILES string of the molecule is CCOC(=O)c1ccc(C)c(NC(=O)c2ccc([N+](=O)[O-])cc2Cl)c1. The average molecular weight is 363 g/mol. The van der Waals surface area contributed by atoms with E-state index in [9.17, 15) is 19.7 Å². The number of nitrogens with one attached hydrogen (secondary N) is 1. The lowest BCUT2D eigenvalue weighted by Crippen LogP contribution is -2.14. The van der Waals surface area contributed by atoms with Gasteiger partial charge < -0.3 is 10.1 Å². The third-order valence-corrected chi connectivity index (χ3v) is 3.72. The second-order valence-corrected chi connectivity index (χ2v) is 5.53. The van der Waals surface area contributed by atoms with Crippen LogP contribution in [0.5, 0.6) is 0 Å². The van der Waals surface area contributed by atoms with Crippen LogP contribution in [-0.2, 0) is 4.74 Å². The fraction of sp³-hybridized carbons (Fsp3) is 0.176. The van der Waals surface area contributed by atoms with Crippen molar-refractivity contribution in [3.05, 3.63) is 68.2 Å². The minimum absolute atomic E-state index is 0.0362. The van der Waals surface area contributed by atoms with Gasteiger partial charge in [-0.1, -0.05) is 17.7 Å². The van der Waals surface area contributed by atoms with Gasteiger partial charge in [0.2, 0.25) is 0 Å². The van der Waals surface area contributed by atoms with E-state index >= 15 is 0 Å². The minimum Gasteiger partial charge on any atom is -0.462 e. The van der Waals surface area contributed by atoms with Crippen molar-refractivity contribution in [1.82, 2.24) is 0 Å². The summed E-state index contributed by atoms with van der Waals surface area (Å²) < 4.78 is 4.93. The Kier molecular flexibility index (Phi) is 5.71. The molecule has 25 heavy (non-hydrogen) atoms. The van der Waals surface area contributed by atoms with Crippen molar-refractivity contribution in [3.63, 3.8) is 0 Å². The number of nitro benzene ring substituents is 1. The highest BCUT2D eigenvalue weighted by Gasteiger charge is 2.17. The summed E-state index contributed by atoms with van der Waals surface area (Å²) in [5.74, 6) is -1.03. The summed E-state index contributed by atoms with van der Waals surface area (Å²) >= 11 is 5.96. The second-order valence-electron chi connectivity index (χ2n) is 5.13. The highest BCUT2D eigenvalue weighted by Crippen LogP contribution is 2.24. The number of non-ortho nitro benzene ring substituents is 1. The molecule has 1 N–H and O–H groups in total. The first-order valence-electron chi connectivity index (χ1n) is 7.36. The van der Waals surface area contributed by atoms with Crippen LogP contribution < -0.4 is 5.32 Å². The Morgan fingerprint density at radius 2 is 1.96 bits per heavy atom. The molecule has 130 valence electrons. The van der Waals surface area contributed by atoms with Crippen LogP contribution in [-0.4, -0.2) is 23.4 Å². The second kappa shape index (κ2) is 7.76. The third-order valence-electron chi connectivity index (χ3n) is 3.41. The van der Waals surface area contributed by atoms with Gasteiger partial charge in [0.05, 0.1) is 27.7 Å². The van der Waals surface area contributed by atoms with Gasteiger partial charge >= 0.3 is 5.97 Å². The summed E-state index contributed by atoms with van der Waals surface area (Å²) in [6.07, 6.45) is 0. The Balaban J connectivity index is 2.27. The van der Waals surface area contributed by atoms with E-state index in [1.807, 2.05) is 0 Å². The first kappa shape index (κ1) is 18.4. The molecule has 2 aromatic rings. The minimum atomic E-state index is -0.597. The Labute approximate surface area is 148 Å². The molecule has 0 fully saturated rings. The maximum atomic E-state index is 12.4. The summed E-state index contributed by atoms with van der Waals surface area (Å²) in [6.45, 7) is 3.71. The summed E-state index contributed by atoms with van der Waals surface area (Å²) in [4.78, 5) is 34.3. The number of nitrogens with zero attached hydrogens (tertiary/aromatic N) is 1. The number of hydrogen-bond donors (Lipinski definition) is 1. The molecule has 2 aromatic carbocycles. The molecule has 0 radical (unpaired) electrons. The van der Waals surface area contributed by atoms with Gasteiger partial charge in [0.25, 0.3) is 11.6 Å². The predicted octanol–water partition coefficient (Wildman–Crippen LogP) is 3.99. The van der Waals surface area contributed by atoms with Gasteiger partial charge in [-0.25, -0.2) is 4.79 Å². The normalized spacial score (nSPS) is 10.2. The van der Waals surface area contributed by atoms with Crippen LogP contribution in [0.25, 0.3) is 0 Å². The summed E-state index contributed by atoms with van der Waals surface area (Å²) in [7, 11) is 0. The van der Waals surface area contributed by atoms with Crippen LogP contribution in [0.1, 0.15) is 33.2 Å². The van der Waals surface area contributed by atoms with E-state index in [1.165, 1.54) is 18.2 Å². The highest BCUT2D eigenvalue weighted by atomic mass is 35.5. The number of rotatable bonds is 5. The molecule has 0 heterocycles. The van der Waals surface area contributed by atoms with E-state index in [1.54, 1.807) is 26.0 Å². The van der Waals surface area contributed by atoms with E-state index < -0.39 is 16.8 Å². The smallest absolute Gasteiger partial charge is 0.338 e. The standard InChI is InChI=1S/C17H15ClN2O5/c1-3-25-17(22)11-5-4-10(2)15(8-11)19-16(21)13-7-6-12(20(23)24)9-14(13)18/h4-9H,3H2,1-2H3,(H,19,21). The number of benzene rings is 2. The largest absolute Gasteiger partial charge is 0.462 e. The van der Waals surface area contributed by atoms with E-state index in [0.29, 0.717) is 11.3 Å². The molecule has 0 unspecified atom stereocenters. The van der Waals surface area contributed by atoms with Crippen molar-refractivity contribution >= 4 is 34.9 Å². The number of amides is 1. The zero-order valence-corrected chi connectivity index (χ0v) is 14.3. The highest BCUT2D eigenvalue weighted by molar-refractivity contribution is 6.34. The number of carbonyl (C=O) groups is 2. The number of hydrogen-bond acceptors (Lipinski definition) is 5. The van der Waals surface area contributed by atoms with E-state index in [4.69, 9.17) is 16.3 Å². The van der Waals surface area contributed by atoms with Crippen molar-refractivity contribution in [2.24, 2.45) is 0 Å². The molecule has 0 aliphatic heterocycles. The summed E-state index contributed by atoms with van der Waals surface area (Å²) in [6, 6.07) is 8.37. The van der Waals surface area contributed by atoms with Crippen LogP contribution in [0.15, 0.2) is 36.4 Å². The van der Waals surface area contributed by atoms with E-state index in [2.05, 4.69) is 5.32 Å². The Morgan fingerprint density at radius 1 is 1.24 bits per heavy atom. The zero-order valence-electron chi connectivity index (χ0n) is 13.5. The van der Waals surface area contributed by atoms with Crippen LogP contribution >= 0.6 is 11.6 Å². The number of halogens is 1. The fourth-order valence-electron chi connectivity index (χ4n) is 2.09. The lowest BCUT2D eigenvalue weighted by atomic mass is 10.1. The maximum absolute atomic E-state index is 12.4. The van der Waals surface area contributed by atoms with E-state index in [-0.39, 0.29) is 22.9 Å². The van der Waals surface area contributed by atoms with Gasteiger partial charge in [0.15, 0.2) is 0 Å². The fourth-order valence-corrected chi connectivity index (χ4v) is 2.35. The predicted molar refractivity (Wildman–Crippen MR) is 93.2 cm³/mol.